The Morgan fingerprint density at radius 2 is 1.86 bits per heavy atom. The van der Waals surface area contributed by atoms with Gasteiger partial charge in [-0.15, -0.1) is 0 Å². The largest absolute Gasteiger partial charge is 0.396 e. The molecule has 2 aliphatic rings. The molecule has 154 valence electrons. The quantitative estimate of drug-likeness (QED) is 0.847. The number of benzene rings is 1. The van der Waals surface area contributed by atoms with Gasteiger partial charge in [0.25, 0.3) is 0 Å². The van der Waals surface area contributed by atoms with Gasteiger partial charge in [0.15, 0.2) is 5.78 Å². The zero-order valence-corrected chi connectivity index (χ0v) is 17.2. The SMILES string of the molecule is Cc1c(CC(=O)N2CCC(CO)CC2)c2c(n1Cc1ccccc1)CCCC2=O. The maximum Gasteiger partial charge on any atom is 0.227 e. The molecule has 1 N–H and O–H groups in total. The molecule has 1 aromatic heterocycles. The predicted octanol–water partition coefficient (Wildman–Crippen LogP) is 3.14. The number of aliphatic hydroxyl groups excluding tert-OH is 1. The molecule has 0 saturated carbocycles. The Labute approximate surface area is 172 Å². The van der Waals surface area contributed by atoms with E-state index in [2.05, 4.69) is 23.6 Å². The molecule has 1 saturated heterocycles. The van der Waals surface area contributed by atoms with Crippen molar-refractivity contribution in [1.29, 1.82) is 0 Å². The molecule has 5 heteroatoms. The molecule has 2 heterocycles. The van der Waals surface area contributed by atoms with Crippen LogP contribution in [0.25, 0.3) is 0 Å². The van der Waals surface area contributed by atoms with Gasteiger partial charge in [0, 0.05) is 49.6 Å². The standard InChI is InChI=1S/C24H30N2O3/c1-17-20(14-23(29)25-12-10-19(16-27)11-13-25)24-21(8-5-9-22(24)28)26(17)15-18-6-3-2-4-7-18/h2-4,6-7,19,27H,5,8-16H2,1H3. The van der Waals surface area contributed by atoms with Crippen molar-refractivity contribution in [3.05, 3.63) is 58.4 Å². The monoisotopic (exact) mass is 394 g/mol. The summed E-state index contributed by atoms with van der Waals surface area (Å²) in [5, 5.41) is 9.33. The van der Waals surface area contributed by atoms with E-state index in [4.69, 9.17) is 0 Å². The summed E-state index contributed by atoms with van der Waals surface area (Å²) >= 11 is 0. The number of nitrogens with zero attached hydrogens (tertiary/aromatic N) is 2. The highest BCUT2D eigenvalue weighted by Gasteiger charge is 2.30. The second kappa shape index (κ2) is 8.54. The second-order valence-electron chi connectivity index (χ2n) is 8.42. The number of carbonyl (C=O) groups is 2. The zero-order chi connectivity index (χ0) is 20.4. The van der Waals surface area contributed by atoms with Crippen LogP contribution in [0.15, 0.2) is 30.3 Å². The van der Waals surface area contributed by atoms with Crippen LogP contribution in [0.1, 0.15) is 58.6 Å². The van der Waals surface area contributed by atoms with Gasteiger partial charge < -0.3 is 14.6 Å². The van der Waals surface area contributed by atoms with Crippen LogP contribution < -0.4 is 0 Å². The van der Waals surface area contributed by atoms with E-state index >= 15 is 0 Å². The van der Waals surface area contributed by atoms with Crippen molar-refractivity contribution in [3.8, 4) is 0 Å². The summed E-state index contributed by atoms with van der Waals surface area (Å²) in [7, 11) is 0. The Morgan fingerprint density at radius 3 is 2.55 bits per heavy atom. The molecule has 1 aromatic carbocycles. The first kappa shape index (κ1) is 19.9. The highest BCUT2D eigenvalue weighted by molar-refractivity contribution is 6.01. The number of hydrogen-bond donors (Lipinski definition) is 1. The first-order valence-corrected chi connectivity index (χ1v) is 10.7. The average molecular weight is 395 g/mol. The van der Waals surface area contributed by atoms with Crippen LogP contribution in [0, 0.1) is 12.8 Å². The van der Waals surface area contributed by atoms with E-state index in [1.807, 2.05) is 23.1 Å². The number of likely N-dealkylation sites (tertiary alicyclic amines) is 1. The lowest BCUT2D eigenvalue weighted by Crippen LogP contribution is -2.40. The minimum atomic E-state index is 0.0996. The minimum absolute atomic E-state index is 0.0996. The summed E-state index contributed by atoms with van der Waals surface area (Å²) in [6, 6.07) is 10.3. The van der Waals surface area contributed by atoms with Crippen molar-refractivity contribution in [1.82, 2.24) is 9.47 Å². The van der Waals surface area contributed by atoms with E-state index < -0.39 is 0 Å². The highest BCUT2D eigenvalue weighted by atomic mass is 16.3. The maximum atomic E-state index is 13.0. The maximum absolute atomic E-state index is 13.0. The van der Waals surface area contributed by atoms with Crippen molar-refractivity contribution >= 4 is 11.7 Å². The number of amides is 1. The fourth-order valence-corrected chi connectivity index (χ4v) is 4.81. The lowest BCUT2D eigenvalue weighted by molar-refractivity contribution is -0.132. The summed E-state index contributed by atoms with van der Waals surface area (Å²) in [5.41, 5.74) is 5.09. The molecule has 1 fully saturated rings. The molecule has 0 bridgehead atoms. The van der Waals surface area contributed by atoms with Gasteiger partial charge in [0.05, 0.1) is 6.42 Å². The molecule has 1 aliphatic heterocycles. The van der Waals surface area contributed by atoms with Crippen LogP contribution in [0.2, 0.25) is 0 Å². The fraction of sp³-hybridized carbons (Fsp3) is 0.500. The third-order valence-electron chi connectivity index (χ3n) is 6.59. The van der Waals surface area contributed by atoms with Gasteiger partial charge in [-0.3, -0.25) is 9.59 Å². The van der Waals surface area contributed by atoms with Gasteiger partial charge in [-0.05, 0) is 49.7 Å². The van der Waals surface area contributed by atoms with Crippen molar-refractivity contribution < 1.29 is 14.7 Å². The van der Waals surface area contributed by atoms with Crippen LogP contribution in [0.3, 0.4) is 0 Å². The number of fused-ring (bicyclic) bond motifs is 1. The molecule has 5 nitrogen and oxygen atoms in total. The van der Waals surface area contributed by atoms with Crippen LogP contribution in [-0.4, -0.2) is 46.0 Å². The zero-order valence-electron chi connectivity index (χ0n) is 17.2. The molecule has 1 aliphatic carbocycles. The Hall–Kier alpha value is -2.40. The first-order chi connectivity index (χ1) is 14.1. The van der Waals surface area contributed by atoms with Crippen molar-refractivity contribution in [2.45, 2.75) is 52.0 Å². The second-order valence-corrected chi connectivity index (χ2v) is 8.42. The molecule has 1 amide bonds. The summed E-state index contributed by atoms with van der Waals surface area (Å²) in [5.74, 6) is 0.590. The van der Waals surface area contributed by atoms with Crippen molar-refractivity contribution in [2.24, 2.45) is 5.92 Å². The van der Waals surface area contributed by atoms with E-state index in [9.17, 15) is 14.7 Å². The van der Waals surface area contributed by atoms with E-state index in [0.29, 0.717) is 31.8 Å². The van der Waals surface area contributed by atoms with Gasteiger partial charge >= 0.3 is 0 Å². The molecule has 0 unspecified atom stereocenters. The highest BCUT2D eigenvalue weighted by Crippen LogP contribution is 2.31. The molecule has 0 spiro atoms. The number of aromatic nitrogens is 1. The van der Waals surface area contributed by atoms with Crippen LogP contribution in [0.5, 0.6) is 0 Å². The lowest BCUT2D eigenvalue weighted by Gasteiger charge is -2.31. The summed E-state index contributed by atoms with van der Waals surface area (Å²) < 4.78 is 2.25. The minimum Gasteiger partial charge on any atom is -0.396 e. The number of carbonyl (C=O) groups excluding carboxylic acids is 2. The van der Waals surface area contributed by atoms with Crippen molar-refractivity contribution in [2.75, 3.05) is 19.7 Å². The third-order valence-corrected chi connectivity index (χ3v) is 6.59. The lowest BCUT2D eigenvalue weighted by atomic mass is 9.91. The molecular weight excluding hydrogens is 364 g/mol. The number of piperidine rings is 1. The molecular formula is C24H30N2O3. The normalized spacial score (nSPS) is 17.4. The van der Waals surface area contributed by atoms with Gasteiger partial charge in [0.1, 0.15) is 0 Å². The molecule has 4 rings (SSSR count). The molecule has 2 aromatic rings. The van der Waals surface area contributed by atoms with Crippen LogP contribution >= 0.6 is 0 Å². The number of hydrogen-bond acceptors (Lipinski definition) is 3. The first-order valence-electron chi connectivity index (χ1n) is 10.7. The Morgan fingerprint density at radius 1 is 1.14 bits per heavy atom. The van der Waals surface area contributed by atoms with Gasteiger partial charge in [-0.25, -0.2) is 0 Å². The smallest absolute Gasteiger partial charge is 0.227 e. The van der Waals surface area contributed by atoms with Crippen molar-refractivity contribution in [3.63, 3.8) is 0 Å². The Bertz CT molecular complexity index is 893. The van der Waals surface area contributed by atoms with Gasteiger partial charge in [-0.1, -0.05) is 30.3 Å². The van der Waals surface area contributed by atoms with Gasteiger partial charge in [-0.2, -0.15) is 0 Å². The van der Waals surface area contributed by atoms with E-state index in [1.165, 1.54) is 5.56 Å². The van der Waals surface area contributed by atoms with Crippen LogP contribution in [-0.2, 0) is 24.2 Å². The Kier molecular flexibility index (Phi) is 5.86. The third kappa shape index (κ3) is 4.01. The number of rotatable bonds is 5. The summed E-state index contributed by atoms with van der Waals surface area (Å²) in [6.45, 7) is 4.38. The summed E-state index contributed by atoms with van der Waals surface area (Å²) in [4.78, 5) is 27.7. The number of Topliss-reactive ketones (excluding diaryl/α,β-unsaturated/α-hetero) is 1. The number of ketones is 1. The Balaban J connectivity index is 1.61. The van der Waals surface area contributed by atoms with Crippen LogP contribution in [0.4, 0.5) is 0 Å². The average Bonchev–Trinajstić information content (AvgIpc) is 3.01. The fourth-order valence-electron chi connectivity index (χ4n) is 4.81. The van der Waals surface area contributed by atoms with E-state index in [1.54, 1.807) is 0 Å². The van der Waals surface area contributed by atoms with E-state index in [0.717, 1.165) is 54.7 Å². The predicted molar refractivity (Wildman–Crippen MR) is 112 cm³/mol. The topological polar surface area (TPSA) is 62.5 Å². The van der Waals surface area contributed by atoms with Gasteiger partial charge in [0.2, 0.25) is 5.91 Å². The number of aliphatic hydroxyl groups is 1. The summed E-state index contributed by atoms with van der Waals surface area (Å²) in [6.07, 6.45) is 4.36. The molecule has 0 radical (unpaired) electrons. The molecule has 0 atom stereocenters. The molecule has 29 heavy (non-hydrogen) atoms. The van der Waals surface area contributed by atoms with E-state index in [-0.39, 0.29) is 18.3 Å².